The van der Waals surface area contributed by atoms with Crippen molar-refractivity contribution >= 4 is 21.9 Å². The molecule has 178 valence electrons. The fourth-order valence-electron chi connectivity index (χ4n) is 4.19. The van der Waals surface area contributed by atoms with E-state index in [0.29, 0.717) is 12.6 Å². The Bertz CT molecular complexity index is 1100. The molecule has 1 N–H and O–H groups in total. The number of amides is 2. The molecule has 1 aromatic heterocycles. The standard InChI is InChI=1S/C22H27F2N5O3S/c23-18-6-7-19(24)20(15-18)33(31,32)29-13-11-28(12-14-29)22(30)26-16-17-5-4-8-25-21(17)27-9-2-1-3-10-27/h4-8,15H,1-3,9-14,16H2,(H,26,30). The molecule has 8 nitrogen and oxygen atoms in total. The normalized spacial score (nSPS) is 17.8. The van der Waals surface area contributed by atoms with Gasteiger partial charge < -0.3 is 15.1 Å². The van der Waals surface area contributed by atoms with Crippen LogP contribution in [-0.2, 0) is 16.6 Å². The number of pyridine rings is 1. The molecule has 1 aromatic carbocycles. The molecular weight excluding hydrogens is 452 g/mol. The third-order valence-corrected chi connectivity index (χ3v) is 7.90. The molecule has 3 heterocycles. The zero-order valence-corrected chi connectivity index (χ0v) is 19.0. The van der Waals surface area contributed by atoms with E-state index in [1.54, 1.807) is 6.20 Å². The molecule has 2 aliphatic rings. The predicted octanol–water partition coefficient (Wildman–Crippen LogP) is 2.57. The molecule has 2 fully saturated rings. The zero-order chi connectivity index (χ0) is 23.4. The Balaban J connectivity index is 1.34. The molecule has 2 aromatic rings. The van der Waals surface area contributed by atoms with Crippen molar-refractivity contribution in [3.8, 4) is 0 Å². The number of nitrogens with zero attached hydrogens (tertiary/aromatic N) is 4. The quantitative estimate of drug-likeness (QED) is 0.713. The van der Waals surface area contributed by atoms with E-state index in [2.05, 4.69) is 15.2 Å². The fraction of sp³-hybridized carbons (Fsp3) is 0.455. The lowest BCUT2D eigenvalue weighted by molar-refractivity contribution is 0.172. The van der Waals surface area contributed by atoms with Gasteiger partial charge in [0.25, 0.3) is 0 Å². The molecule has 0 radical (unpaired) electrons. The third-order valence-electron chi connectivity index (χ3n) is 5.99. The average Bonchev–Trinajstić information content (AvgIpc) is 2.84. The minimum absolute atomic E-state index is 0.00235. The van der Waals surface area contributed by atoms with Gasteiger partial charge in [0, 0.05) is 57.6 Å². The highest BCUT2D eigenvalue weighted by molar-refractivity contribution is 7.89. The van der Waals surface area contributed by atoms with Gasteiger partial charge in [-0.05, 0) is 43.5 Å². The van der Waals surface area contributed by atoms with Gasteiger partial charge in [0.05, 0.1) is 0 Å². The second-order valence-corrected chi connectivity index (χ2v) is 10.1. The molecule has 0 aliphatic carbocycles. The summed E-state index contributed by atoms with van der Waals surface area (Å²) in [6, 6.07) is 5.81. The highest BCUT2D eigenvalue weighted by Gasteiger charge is 2.32. The summed E-state index contributed by atoms with van der Waals surface area (Å²) >= 11 is 0. The number of sulfonamides is 1. The van der Waals surface area contributed by atoms with Crippen LogP contribution >= 0.6 is 0 Å². The number of carbonyl (C=O) groups excluding carboxylic acids is 1. The molecule has 0 saturated carbocycles. The number of urea groups is 1. The first-order valence-corrected chi connectivity index (χ1v) is 12.5. The molecule has 33 heavy (non-hydrogen) atoms. The monoisotopic (exact) mass is 479 g/mol. The lowest BCUT2D eigenvalue weighted by Crippen LogP contribution is -2.53. The van der Waals surface area contributed by atoms with Crippen LogP contribution in [0.3, 0.4) is 0 Å². The Morgan fingerprint density at radius 1 is 1.00 bits per heavy atom. The summed E-state index contributed by atoms with van der Waals surface area (Å²) in [4.78, 5) is 20.3. The summed E-state index contributed by atoms with van der Waals surface area (Å²) in [5.41, 5.74) is 0.926. The van der Waals surface area contributed by atoms with Gasteiger partial charge in [-0.2, -0.15) is 4.31 Å². The van der Waals surface area contributed by atoms with E-state index in [-0.39, 0.29) is 32.2 Å². The number of piperazine rings is 1. The van der Waals surface area contributed by atoms with Crippen molar-refractivity contribution in [2.45, 2.75) is 30.7 Å². The Morgan fingerprint density at radius 3 is 2.45 bits per heavy atom. The van der Waals surface area contributed by atoms with E-state index in [0.717, 1.165) is 53.8 Å². The maximum Gasteiger partial charge on any atom is 0.317 e. The number of anilines is 1. The molecule has 2 aliphatic heterocycles. The van der Waals surface area contributed by atoms with Gasteiger partial charge in [0.15, 0.2) is 0 Å². The number of carbonyl (C=O) groups is 1. The second-order valence-electron chi connectivity index (χ2n) is 8.16. The third kappa shape index (κ3) is 5.25. The van der Waals surface area contributed by atoms with Crippen LogP contribution in [-0.4, -0.2) is 67.9 Å². The molecule has 2 amide bonds. The summed E-state index contributed by atoms with van der Waals surface area (Å²) in [5.74, 6) is -0.949. The lowest BCUT2D eigenvalue weighted by atomic mass is 10.1. The van der Waals surface area contributed by atoms with Gasteiger partial charge in [0.2, 0.25) is 10.0 Å². The first-order chi connectivity index (χ1) is 15.9. The van der Waals surface area contributed by atoms with E-state index in [1.165, 1.54) is 11.3 Å². The molecule has 0 bridgehead atoms. The van der Waals surface area contributed by atoms with Crippen molar-refractivity contribution in [2.75, 3.05) is 44.2 Å². The number of aromatic nitrogens is 1. The van der Waals surface area contributed by atoms with Crippen molar-refractivity contribution in [3.05, 3.63) is 53.7 Å². The van der Waals surface area contributed by atoms with Crippen LogP contribution in [0.25, 0.3) is 0 Å². The maximum absolute atomic E-state index is 14.0. The van der Waals surface area contributed by atoms with E-state index < -0.39 is 26.6 Å². The Hall–Kier alpha value is -2.79. The Morgan fingerprint density at radius 2 is 1.73 bits per heavy atom. The van der Waals surface area contributed by atoms with Crippen LogP contribution in [0.1, 0.15) is 24.8 Å². The largest absolute Gasteiger partial charge is 0.356 e. The Labute approximate surface area is 192 Å². The van der Waals surface area contributed by atoms with Crippen molar-refractivity contribution < 1.29 is 22.0 Å². The average molecular weight is 480 g/mol. The fourth-order valence-corrected chi connectivity index (χ4v) is 5.69. The molecule has 0 spiro atoms. The SMILES string of the molecule is O=C(NCc1cccnc1N1CCCCC1)N1CCN(S(=O)(=O)c2cc(F)ccc2F)CC1. The number of hydrogen-bond donors (Lipinski definition) is 1. The molecule has 4 rings (SSSR count). The summed E-state index contributed by atoms with van der Waals surface area (Å²) in [7, 11) is -4.19. The first kappa shape index (κ1) is 23.4. The van der Waals surface area contributed by atoms with E-state index in [1.807, 2.05) is 12.1 Å². The van der Waals surface area contributed by atoms with Gasteiger partial charge in [-0.3, -0.25) is 0 Å². The minimum atomic E-state index is -4.19. The summed E-state index contributed by atoms with van der Waals surface area (Å²) in [5, 5.41) is 2.89. The molecule has 0 atom stereocenters. The topological polar surface area (TPSA) is 85.8 Å². The van der Waals surface area contributed by atoms with Crippen molar-refractivity contribution in [2.24, 2.45) is 0 Å². The molecule has 11 heteroatoms. The number of hydrogen-bond acceptors (Lipinski definition) is 5. The van der Waals surface area contributed by atoms with Crippen LogP contribution in [0.5, 0.6) is 0 Å². The molecular formula is C22H27F2N5O3S. The van der Waals surface area contributed by atoms with Crippen molar-refractivity contribution in [1.82, 2.24) is 19.5 Å². The van der Waals surface area contributed by atoms with Crippen LogP contribution in [0.15, 0.2) is 41.4 Å². The Kier molecular flexibility index (Phi) is 7.08. The summed E-state index contributed by atoms with van der Waals surface area (Å²) in [6.07, 6.45) is 5.20. The van der Waals surface area contributed by atoms with Crippen LogP contribution in [0.4, 0.5) is 19.4 Å². The number of nitrogens with one attached hydrogen (secondary N) is 1. The second kappa shape index (κ2) is 10.0. The highest BCUT2D eigenvalue weighted by Crippen LogP contribution is 2.23. The van der Waals surface area contributed by atoms with Gasteiger partial charge in [-0.25, -0.2) is 27.0 Å². The smallest absolute Gasteiger partial charge is 0.317 e. The van der Waals surface area contributed by atoms with E-state index in [9.17, 15) is 22.0 Å². The van der Waals surface area contributed by atoms with E-state index in [4.69, 9.17) is 0 Å². The number of rotatable bonds is 5. The van der Waals surface area contributed by atoms with Gasteiger partial charge in [0.1, 0.15) is 22.3 Å². The highest BCUT2D eigenvalue weighted by atomic mass is 32.2. The van der Waals surface area contributed by atoms with Crippen molar-refractivity contribution in [3.63, 3.8) is 0 Å². The minimum Gasteiger partial charge on any atom is -0.356 e. The summed E-state index contributed by atoms with van der Waals surface area (Å²) < 4.78 is 54.0. The lowest BCUT2D eigenvalue weighted by Gasteiger charge is -2.34. The zero-order valence-electron chi connectivity index (χ0n) is 18.2. The van der Waals surface area contributed by atoms with Gasteiger partial charge in [-0.1, -0.05) is 6.07 Å². The van der Waals surface area contributed by atoms with Crippen LogP contribution in [0.2, 0.25) is 0 Å². The predicted molar refractivity (Wildman–Crippen MR) is 119 cm³/mol. The van der Waals surface area contributed by atoms with Gasteiger partial charge in [-0.15, -0.1) is 0 Å². The number of benzene rings is 1. The van der Waals surface area contributed by atoms with Crippen molar-refractivity contribution in [1.29, 1.82) is 0 Å². The van der Waals surface area contributed by atoms with Crippen LogP contribution in [0, 0.1) is 11.6 Å². The maximum atomic E-state index is 14.0. The number of halogens is 2. The van der Waals surface area contributed by atoms with Crippen LogP contribution < -0.4 is 10.2 Å². The summed E-state index contributed by atoms with van der Waals surface area (Å²) in [6.45, 7) is 2.49. The van der Waals surface area contributed by atoms with E-state index >= 15 is 0 Å². The number of piperidine rings is 1. The molecule has 2 saturated heterocycles. The van der Waals surface area contributed by atoms with Gasteiger partial charge >= 0.3 is 6.03 Å². The first-order valence-electron chi connectivity index (χ1n) is 11.0. The molecule has 0 unspecified atom stereocenters.